The van der Waals surface area contributed by atoms with E-state index in [1.165, 1.54) is 0 Å². The van der Waals surface area contributed by atoms with Crippen molar-refractivity contribution in [2.75, 3.05) is 13.1 Å². The second-order valence-electron chi connectivity index (χ2n) is 0.957. The Morgan fingerprint density at radius 1 is 1.29 bits per heavy atom. The molecule has 0 amide bonds. The minimum Gasteiger partial charge on any atom is -1.00 e. The first kappa shape index (κ1) is 15.7. The van der Waals surface area contributed by atoms with Crippen LogP contribution in [0.2, 0.25) is 0 Å². The molecule has 3 heteroatoms. The largest absolute Gasteiger partial charge is 1.00 e. The van der Waals surface area contributed by atoms with Crippen molar-refractivity contribution in [1.82, 2.24) is 5.32 Å². The van der Waals surface area contributed by atoms with Gasteiger partial charge in [0.05, 0.1) is 0 Å². The summed E-state index contributed by atoms with van der Waals surface area (Å²) >= 11 is 0. The summed E-state index contributed by atoms with van der Waals surface area (Å²) < 4.78 is 0. The van der Waals surface area contributed by atoms with Crippen molar-refractivity contribution in [2.45, 2.75) is 13.8 Å². The minimum absolute atomic E-state index is 0. The molecule has 0 aliphatic carbocycles. The molecule has 0 saturated heterocycles. The third kappa shape index (κ3) is 19.3. The van der Waals surface area contributed by atoms with E-state index in [9.17, 15) is 0 Å². The van der Waals surface area contributed by atoms with Gasteiger partial charge in [-0.25, -0.2) is 0 Å². The smallest absolute Gasteiger partial charge is 1.00 e. The van der Waals surface area contributed by atoms with Crippen molar-refractivity contribution in [2.24, 2.45) is 0 Å². The van der Waals surface area contributed by atoms with Gasteiger partial charge < -0.3 is 6.74 Å². The van der Waals surface area contributed by atoms with Crippen LogP contribution in [-0.2, 0) is 17.1 Å². The van der Waals surface area contributed by atoms with Gasteiger partial charge in [-0.3, -0.25) is 0 Å². The zero-order chi connectivity index (χ0) is 4.12. The van der Waals surface area contributed by atoms with E-state index in [0.717, 1.165) is 13.1 Å². The van der Waals surface area contributed by atoms with Crippen LogP contribution in [0.1, 0.15) is 15.3 Å². The van der Waals surface area contributed by atoms with Crippen LogP contribution in [0.5, 0.6) is 0 Å². The van der Waals surface area contributed by atoms with Gasteiger partial charge in [-0.2, -0.15) is 0 Å². The summed E-state index contributed by atoms with van der Waals surface area (Å²) in [5.41, 5.74) is 0. The van der Waals surface area contributed by atoms with E-state index in [-0.39, 0.29) is 37.4 Å². The SMILES string of the molecule is CCNCC.[Cu].[H-].[Li+]. The van der Waals surface area contributed by atoms with Gasteiger partial charge in [-0.05, 0) is 13.1 Å². The molecule has 0 unspecified atom stereocenters. The Hall–Kier alpha value is 1.08. The van der Waals surface area contributed by atoms with E-state index in [4.69, 9.17) is 0 Å². The average molecular weight is 145 g/mol. The Kier molecular flexibility index (Phi) is 35.3. The van der Waals surface area contributed by atoms with E-state index in [1.807, 2.05) is 0 Å². The fraction of sp³-hybridized carbons (Fsp3) is 1.00. The third-order valence-electron chi connectivity index (χ3n) is 0.500. The topological polar surface area (TPSA) is 12.0 Å². The predicted molar refractivity (Wildman–Crippen MR) is 25.3 cm³/mol. The first-order valence-corrected chi connectivity index (χ1v) is 2.12. The number of hydrogen-bond acceptors (Lipinski definition) is 1. The van der Waals surface area contributed by atoms with Gasteiger partial charge in [0.1, 0.15) is 0 Å². The third-order valence-corrected chi connectivity index (χ3v) is 0.500. The molecule has 1 N–H and O–H groups in total. The second-order valence-corrected chi connectivity index (χ2v) is 0.957. The fourth-order valence-corrected chi connectivity index (χ4v) is 0.250. The van der Waals surface area contributed by atoms with E-state index in [2.05, 4.69) is 19.2 Å². The molecule has 0 aromatic carbocycles. The molecule has 0 bridgehead atoms. The second kappa shape index (κ2) is 15.7. The van der Waals surface area contributed by atoms with Crippen LogP contribution >= 0.6 is 0 Å². The molecule has 0 spiro atoms. The van der Waals surface area contributed by atoms with Crippen LogP contribution in [0.15, 0.2) is 0 Å². The van der Waals surface area contributed by atoms with Gasteiger partial charge in [0, 0.05) is 17.1 Å². The van der Waals surface area contributed by atoms with Gasteiger partial charge in [0.15, 0.2) is 0 Å². The zero-order valence-electron chi connectivity index (χ0n) is 6.22. The standard InChI is InChI=1S/C4H11N.Cu.Li.H/c1-3-5-4-2;;;/h5H,3-4H2,1-2H3;;;/q;;+1;-1. The van der Waals surface area contributed by atoms with E-state index in [1.54, 1.807) is 0 Å². The van der Waals surface area contributed by atoms with Crippen molar-refractivity contribution >= 4 is 0 Å². The quantitative estimate of drug-likeness (QED) is 0.431. The van der Waals surface area contributed by atoms with Gasteiger partial charge in [-0.15, -0.1) is 0 Å². The number of rotatable bonds is 2. The minimum atomic E-state index is 0. The molecular weight excluding hydrogens is 133 g/mol. The Labute approximate surface area is 69.8 Å². The van der Waals surface area contributed by atoms with Crippen molar-refractivity contribution in [3.8, 4) is 0 Å². The van der Waals surface area contributed by atoms with Crippen LogP contribution in [-0.4, -0.2) is 13.1 Å². The molecule has 0 aliphatic heterocycles. The van der Waals surface area contributed by atoms with Crippen molar-refractivity contribution in [3.63, 3.8) is 0 Å². The Bertz CT molecular complexity index is 23.5. The molecule has 0 aromatic rings. The summed E-state index contributed by atoms with van der Waals surface area (Å²) in [6.07, 6.45) is 0. The first-order valence-electron chi connectivity index (χ1n) is 2.12. The van der Waals surface area contributed by atoms with Crippen molar-refractivity contribution in [3.05, 3.63) is 0 Å². The summed E-state index contributed by atoms with van der Waals surface area (Å²) in [5, 5.41) is 3.11. The molecule has 0 rings (SSSR count). The fourth-order valence-electron chi connectivity index (χ4n) is 0.250. The van der Waals surface area contributed by atoms with Crippen LogP contribution in [0, 0.1) is 0 Å². The molecule has 1 radical (unpaired) electrons. The molecule has 0 fully saturated rings. The van der Waals surface area contributed by atoms with Gasteiger partial charge in [0.25, 0.3) is 0 Å². The first-order chi connectivity index (χ1) is 2.41. The maximum absolute atomic E-state index is 3.11. The summed E-state index contributed by atoms with van der Waals surface area (Å²) in [7, 11) is 0. The van der Waals surface area contributed by atoms with Gasteiger partial charge in [0.2, 0.25) is 0 Å². The van der Waals surface area contributed by atoms with E-state index in [0.29, 0.717) is 0 Å². The van der Waals surface area contributed by atoms with Gasteiger partial charge >= 0.3 is 18.9 Å². The van der Waals surface area contributed by atoms with Crippen LogP contribution in [0.4, 0.5) is 0 Å². The zero-order valence-corrected chi connectivity index (χ0v) is 6.16. The Morgan fingerprint density at radius 3 is 1.57 bits per heavy atom. The summed E-state index contributed by atoms with van der Waals surface area (Å²) in [6.45, 7) is 6.39. The van der Waals surface area contributed by atoms with Crippen LogP contribution < -0.4 is 24.2 Å². The molecule has 0 saturated carbocycles. The molecule has 0 heterocycles. The molecule has 0 aliphatic rings. The Morgan fingerprint density at radius 2 is 1.57 bits per heavy atom. The van der Waals surface area contributed by atoms with Crippen LogP contribution in [0.25, 0.3) is 0 Å². The summed E-state index contributed by atoms with van der Waals surface area (Å²) in [6, 6.07) is 0. The number of hydrogen-bond donors (Lipinski definition) is 1. The van der Waals surface area contributed by atoms with Crippen molar-refractivity contribution < 1.29 is 37.4 Å². The molecule has 45 valence electrons. The molecule has 0 atom stereocenters. The van der Waals surface area contributed by atoms with Crippen molar-refractivity contribution in [1.29, 1.82) is 0 Å². The van der Waals surface area contributed by atoms with E-state index >= 15 is 0 Å². The normalized spacial score (nSPS) is 6.00. The van der Waals surface area contributed by atoms with E-state index < -0.39 is 0 Å². The predicted octanol–water partition coefficient (Wildman–Crippen LogP) is -2.27. The van der Waals surface area contributed by atoms with Gasteiger partial charge in [-0.1, -0.05) is 13.8 Å². The maximum atomic E-state index is 3.11. The average Bonchev–Trinajstić information content (AvgIpc) is 1.41. The molecule has 1 nitrogen and oxygen atoms in total. The monoisotopic (exact) mass is 144 g/mol. The van der Waals surface area contributed by atoms with Crippen LogP contribution in [0.3, 0.4) is 0 Å². The summed E-state index contributed by atoms with van der Waals surface area (Å²) in [5.74, 6) is 0. The summed E-state index contributed by atoms with van der Waals surface area (Å²) in [4.78, 5) is 0. The Balaban J connectivity index is -0.0000000267. The molecule has 0 aromatic heterocycles. The maximum Gasteiger partial charge on any atom is 1.00 e. The molecular formula is C4H12CuLiN. The number of nitrogens with one attached hydrogen (secondary N) is 1. The molecule has 7 heavy (non-hydrogen) atoms.